The second kappa shape index (κ2) is 15.7. The summed E-state index contributed by atoms with van der Waals surface area (Å²) in [6, 6.07) is 10.8. The van der Waals surface area contributed by atoms with Crippen molar-refractivity contribution in [2.75, 3.05) is 6.61 Å². The van der Waals surface area contributed by atoms with Gasteiger partial charge in [0, 0.05) is 17.0 Å². The Bertz CT molecular complexity index is 1210. The molecule has 0 N–H and O–H groups in total. The van der Waals surface area contributed by atoms with Crippen LogP contribution in [-0.4, -0.2) is 6.61 Å². The van der Waals surface area contributed by atoms with Crippen LogP contribution in [0.3, 0.4) is 0 Å². The summed E-state index contributed by atoms with van der Waals surface area (Å²) in [4.78, 5) is 12.8. The number of hydrogen-bond donors (Lipinski definition) is 0. The lowest BCUT2D eigenvalue weighted by Gasteiger charge is -2.15. The molecule has 6 heteroatoms. The van der Waals surface area contributed by atoms with Gasteiger partial charge < -0.3 is 9.15 Å². The Kier molecular flexibility index (Phi) is 12.4. The number of rotatable bonds is 17. The van der Waals surface area contributed by atoms with Crippen molar-refractivity contribution in [3.05, 3.63) is 70.9 Å². The third-order valence-corrected chi connectivity index (χ3v) is 7.12. The molecule has 0 aliphatic heterocycles. The third-order valence-electron chi connectivity index (χ3n) is 7.12. The Hall–Kier alpha value is -2.76. The van der Waals surface area contributed by atoms with E-state index in [2.05, 4.69) is 13.8 Å². The molecule has 0 aliphatic rings. The molecule has 0 atom stereocenters. The Morgan fingerprint density at radius 1 is 0.795 bits per heavy atom. The van der Waals surface area contributed by atoms with Gasteiger partial charge in [0.25, 0.3) is 0 Å². The SMILES string of the molecule is [CH2]CCCCCCCCCCCOc1ccc2cc(-c3ccc(CCCCC)cc3C(F)(F)F)c(=O)oc2c1. The maximum Gasteiger partial charge on any atom is 0.417 e. The number of hydrogen-bond acceptors (Lipinski definition) is 3. The highest BCUT2D eigenvalue weighted by Crippen LogP contribution is 2.38. The van der Waals surface area contributed by atoms with Crippen LogP contribution in [-0.2, 0) is 12.6 Å². The summed E-state index contributed by atoms with van der Waals surface area (Å²) in [5.74, 6) is 0.580. The lowest BCUT2D eigenvalue weighted by atomic mass is 9.95. The Morgan fingerprint density at radius 2 is 1.49 bits per heavy atom. The predicted octanol–water partition coefficient (Wildman–Crippen LogP) is 10.3. The molecule has 0 fully saturated rings. The zero-order valence-electron chi connectivity index (χ0n) is 23.2. The first-order valence-corrected chi connectivity index (χ1v) is 14.5. The van der Waals surface area contributed by atoms with Gasteiger partial charge >= 0.3 is 11.8 Å². The third kappa shape index (κ3) is 9.74. The van der Waals surface area contributed by atoms with Crippen LogP contribution in [0.4, 0.5) is 13.2 Å². The first-order chi connectivity index (χ1) is 18.8. The van der Waals surface area contributed by atoms with Crippen LogP contribution < -0.4 is 10.4 Å². The summed E-state index contributed by atoms with van der Waals surface area (Å²) in [5, 5.41) is 0.548. The monoisotopic (exact) mass is 543 g/mol. The van der Waals surface area contributed by atoms with Crippen LogP contribution in [0.25, 0.3) is 22.1 Å². The minimum absolute atomic E-state index is 0.0917. The van der Waals surface area contributed by atoms with Gasteiger partial charge in [0.05, 0.1) is 17.7 Å². The van der Waals surface area contributed by atoms with E-state index in [0.717, 1.165) is 44.6 Å². The van der Waals surface area contributed by atoms with E-state index in [4.69, 9.17) is 9.15 Å². The Balaban J connectivity index is 1.61. The number of alkyl halides is 3. The van der Waals surface area contributed by atoms with E-state index in [1.807, 2.05) is 0 Å². The minimum atomic E-state index is -4.58. The van der Waals surface area contributed by atoms with Gasteiger partial charge in [0.1, 0.15) is 11.3 Å². The molecule has 0 spiro atoms. The molecule has 0 aliphatic carbocycles. The van der Waals surface area contributed by atoms with Gasteiger partial charge in [-0.15, -0.1) is 0 Å². The summed E-state index contributed by atoms with van der Waals surface area (Å²) < 4.78 is 53.1. The van der Waals surface area contributed by atoms with Gasteiger partial charge in [-0.05, 0) is 49.1 Å². The van der Waals surface area contributed by atoms with E-state index in [0.29, 0.717) is 35.3 Å². The van der Waals surface area contributed by atoms with Gasteiger partial charge in [-0.2, -0.15) is 13.2 Å². The summed E-state index contributed by atoms with van der Waals surface area (Å²) in [6.45, 7) is 6.49. The van der Waals surface area contributed by atoms with Crippen molar-refractivity contribution in [3.63, 3.8) is 0 Å². The van der Waals surface area contributed by atoms with E-state index < -0.39 is 17.4 Å². The molecular weight excluding hydrogens is 501 g/mol. The number of benzene rings is 2. The van der Waals surface area contributed by atoms with Crippen molar-refractivity contribution in [1.82, 2.24) is 0 Å². The molecule has 0 saturated heterocycles. The quantitative estimate of drug-likeness (QED) is 0.126. The van der Waals surface area contributed by atoms with E-state index in [9.17, 15) is 18.0 Å². The highest BCUT2D eigenvalue weighted by Gasteiger charge is 2.34. The molecule has 1 aromatic heterocycles. The van der Waals surface area contributed by atoms with Gasteiger partial charge in [0.2, 0.25) is 0 Å². The second-order valence-electron chi connectivity index (χ2n) is 10.4. The molecule has 39 heavy (non-hydrogen) atoms. The number of unbranched alkanes of at least 4 members (excludes halogenated alkanes) is 11. The number of aryl methyl sites for hydroxylation is 1. The van der Waals surface area contributed by atoms with Crippen LogP contribution >= 0.6 is 0 Å². The maximum atomic E-state index is 13.9. The summed E-state index contributed by atoms with van der Waals surface area (Å²) in [5.41, 5.74) is -0.939. The molecule has 0 saturated carbocycles. The molecule has 3 rings (SSSR count). The highest BCUT2D eigenvalue weighted by atomic mass is 19.4. The molecule has 0 amide bonds. The molecule has 1 radical (unpaired) electrons. The van der Waals surface area contributed by atoms with Gasteiger partial charge in [-0.25, -0.2) is 4.79 Å². The lowest BCUT2D eigenvalue weighted by molar-refractivity contribution is -0.137. The first kappa shape index (κ1) is 30.8. The Morgan fingerprint density at radius 3 is 2.15 bits per heavy atom. The number of ether oxygens (including phenoxy) is 1. The molecule has 3 aromatic rings. The lowest BCUT2D eigenvalue weighted by Crippen LogP contribution is -2.12. The van der Waals surface area contributed by atoms with E-state index in [1.54, 1.807) is 24.3 Å². The van der Waals surface area contributed by atoms with Gasteiger partial charge in [-0.1, -0.05) is 96.6 Å². The van der Waals surface area contributed by atoms with Crippen LogP contribution in [0.5, 0.6) is 5.75 Å². The number of fused-ring (bicyclic) bond motifs is 1. The molecule has 3 nitrogen and oxygen atoms in total. The average molecular weight is 544 g/mol. The summed E-state index contributed by atoms with van der Waals surface area (Å²) >= 11 is 0. The molecule has 213 valence electrons. The van der Waals surface area contributed by atoms with Gasteiger partial charge in [-0.3, -0.25) is 0 Å². The smallest absolute Gasteiger partial charge is 0.417 e. The maximum absolute atomic E-state index is 13.9. The van der Waals surface area contributed by atoms with Crippen molar-refractivity contribution < 1.29 is 22.3 Å². The number of halogens is 3. The predicted molar refractivity (Wildman–Crippen MR) is 153 cm³/mol. The fraction of sp³-hybridized carbons (Fsp3) is 0.515. The van der Waals surface area contributed by atoms with E-state index in [1.165, 1.54) is 57.1 Å². The summed E-state index contributed by atoms with van der Waals surface area (Å²) in [6.07, 6.45) is 10.6. The summed E-state index contributed by atoms with van der Waals surface area (Å²) in [7, 11) is 0. The molecule has 1 heterocycles. The normalized spacial score (nSPS) is 11.8. The van der Waals surface area contributed by atoms with Crippen molar-refractivity contribution in [3.8, 4) is 16.9 Å². The zero-order valence-corrected chi connectivity index (χ0v) is 23.2. The van der Waals surface area contributed by atoms with Crippen LogP contribution in [0.15, 0.2) is 51.7 Å². The van der Waals surface area contributed by atoms with Crippen molar-refractivity contribution in [2.24, 2.45) is 0 Å². The van der Waals surface area contributed by atoms with Crippen LogP contribution in [0.2, 0.25) is 0 Å². The Labute approximate surface area is 230 Å². The van der Waals surface area contributed by atoms with Crippen molar-refractivity contribution >= 4 is 11.0 Å². The topological polar surface area (TPSA) is 39.4 Å². The molecular formula is C33H42F3O3. The molecule has 0 bridgehead atoms. The standard InChI is InChI=1S/C33H42F3O3/c1-3-5-7-8-9-10-11-12-13-15-21-38-27-19-18-26-23-29(32(37)39-31(26)24-27)28-20-17-25(16-14-6-4-2)22-30(28)33(34,35)36/h17-20,22-24H,1,3-16,21H2,2H3. The highest BCUT2D eigenvalue weighted by molar-refractivity contribution is 5.83. The minimum Gasteiger partial charge on any atom is -0.493 e. The molecule has 2 aromatic carbocycles. The van der Waals surface area contributed by atoms with Gasteiger partial charge in [0.15, 0.2) is 0 Å². The van der Waals surface area contributed by atoms with Crippen molar-refractivity contribution in [2.45, 2.75) is 103 Å². The average Bonchev–Trinajstić information content (AvgIpc) is 2.91. The first-order valence-electron chi connectivity index (χ1n) is 14.5. The van der Waals surface area contributed by atoms with Crippen LogP contribution in [0, 0.1) is 6.92 Å². The van der Waals surface area contributed by atoms with E-state index in [-0.39, 0.29) is 11.1 Å². The second-order valence-corrected chi connectivity index (χ2v) is 10.4. The largest absolute Gasteiger partial charge is 0.493 e. The fourth-order valence-corrected chi connectivity index (χ4v) is 4.87. The fourth-order valence-electron chi connectivity index (χ4n) is 4.87. The van der Waals surface area contributed by atoms with Crippen molar-refractivity contribution in [1.29, 1.82) is 0 Å². The zero-order chi connectivity index (χ0) is 28.1. The molecule has 0 unspecified atom stereocenters. The van der Waals surface area contributed by atoms with Crippen LogP contribution in [0.1, 0.15) is 102 Å². The van der Waals surface area contributed by atoms with E-state index >= 15 is 0 Å².